The van der Waals surface area contributed by atoms with Crippen LogP contribution in [-0.4, -0.2) is 46.6 Å². The van der Waals surface area contributed by atoms with E-state index in [0.717, 1.165) is 28.1 Å². The number of benzene rings is 3. The molecule has 0 aliphatic carbocycles. The quantitative estimate of drug-likeness (QED) is 0.336. The maximum absolute atomic E-state index is 14.2. The van der Waals surface area contributed by atoms with Crippen molar-refractivity contribution >= 4 is 21.6 Å². The van der Waals surface area contributed by atoms with Crippen LogP contribution in [0.5, 0.6) is 0 Å². The second kappa shape index (κ2) is 11.2. The number of hydrogen-bond acceptors (Lipinski definition) is 4. The molecule has 0 fully saturated rings. The van der Waals surface area contributed by atoms with Gasteiger partial charge >= 0.3 is 0 Å². The van der Waals surface area contributed by atoms with Crippen LogP contribution >= 0.6 is 0 Å². The van der Waals surface area contributed by atoms with Crippen molar-refractivity contribution in [3.05, 3.63) is 125 Å². The van der Waals surface area contributed by atoms with Crippen LogP contribution in [-0.2, 0) is 36.3 Å². The molecule has 0 spiro atoms. The molecule has 194 valence electrons. The molecule has 1 aliphatic heterocycles. The van der Waals surface area contributed by atoms with Gasteiger partial charge in [-0.05, 0) is 35.2 Å². The van der Waals surface area contributed by atoms with Gasteiger partial charge in [-0.15, -0.1) is 0 Å². The zero-order valence-electron chi connectivity index (χ0n) is 21.2. The zero-order valence-corrected chi connectivity index (χ0v) is 22.1. The first-order valence-electron chi connectivity index (χ1n) is 12.5. The van der Waals surface area contributed by atoms with Gasteiger partial charge < -0.3 is 9.88 Å². The van der Waals surface area contributed by atoms with Crippen LogP contribution in [0.25, 0.3) is 4.85 Å². The summed E-state index contributed by atoms with van der Waals surface area (Å²) in [6.45, 7) is 9.01. The molecule has 1 aromatic heterocycles. The van der Waals surface area contributed by atoms with Gasteiger partial charge in [0, 0.05) is 44.6 Å². The normalized spacial score (nSPS) is 16.1. The molecular formula is C29H30N6O2S. The standard InChI is InChI=1S/C29H30N6O2S/c1-30-26-13-14-29-25(16-26)19-35(38(36,37)33(2)18-24-11-7-4-8-12-24)28(15-23-9-5-3-6-10-23)21-34(29)20-27-17-31-22-32-27/h3-14,16-17,22,28H,15,18-21H2,2H3,(H,31,32)/t28-/m1/s1. The van der Waals surface area contributed by atoms with E-state index in [-0.39, 0.29) is 19.1 Å². The number of nitrogens with zero attached hydrogens (tertiary/aromatic N) is 5. The van der Waals surface area contributed by atoms with E-state index in [1.165, 1.54) is 4.31 Å². The molecule has 5 rings (SSSR count). The molecule has 1 atom stereocenters. The summed E-state index contributed by atoms with van der Waals surface area (Å²) in [5, 5.41) is 0. The van der Waals surface area contributed by atoms with E-state index in [0.29, 0.717) is 25.2 Å². The summed E-state index contributed by atoms with van der Waals surface area (Å²) in [6, 6.07) is 24.8. The second-order valence-corrected chi connectivity index (χ2v) is 11.5. The van der Waals surface area contributed by atoms with Crippen LogP contribution in [0.2, 0.25) is 0 Å². The fourth-order valence-electron chi connectivity index (χ4n) is 4.97. The predicted molar refractivity (Wildman–Crippen MR) is 149 cm³/mol. The van der Waals surface area contributed by atoms with Gasteiger partial charge in [-0.1, -0.05) is 66.7 Å². The van der Waals surface area contributed by atoms with Crippen molar-refractivity contribution in [3.63, 3.8) is 0 Å². The maximum atomic E-state index is 14.2. The average Bonchev–Trinajstić information content (AvgIpc) is 3.39. The molecule has 1 N–H and O–H groups in total. The van der Waals surface area contributed by atoms with Gasteiger partial charge in [0.2, 0.25) is 0 Å². The van der Waals surface area contributed by atoms with E-state index >= 15 is 0 Å². The number of rotatable bonds is 8. The second-order valence-electron chi connectivity index (χ2n) is 9.52. The SMILES string of the molecule is [C-]#[N+]c1ccc2c(c1)CN(S(=O)(=O)N(C)Cc1ccccc1)[C@H](Cc1ccccc1)CN2Cc1cnc[nH]1. The maximum Gasteiger partial charge on any atom is 0.282 e. The number of hydrogen-bond donors (Lipinski definition) is 1. The first-order chi connectivity index (χ1) is 18.4. The molecule has 0 unspecified atom stereocenters. The third kappa shape index (κ3) is 5.63. The van der Waals surface area contributed by atoms with Crippen LogP contribution < -0.4 is 4.90 Å². The average molecular weight is 527 g/mol. The molecule has 3 aromatic carbocycles. The van der Waals surface area contributed by atoms with E-state index in [2.05, 4.69) is 19.7 Å². The number of aromatic amines is 1. The lowest BCUT2D eigenvalue weighted by Crippen LogP contribution is -2.50. The third-order valence-corrected chi connectivity index (χ3v) is 8.80. The molecule has 2 heterocycles. The summed E-state index contributed by atoms with van der Waals surface area (Å²) in [5.41, 5.74) is 5.14. The number of H-pyrrole nitrogens is 1. The molecule has 0 saturated carbocycles. The fraction of sp³-hybridized carbons (Fsp3) is 0.241. The lowest BCUT2D eigenvalue weighted by molar-refractivity contribution is 0.288. The van der Waals surface area contributed by atoms with Gasteiger partial charge in [-0.3, -0.25) is 0 Å². The molecule has 0 amide bonds. The Kier molecular flexibility index (Phi) is 7.56. The van der Waals surface area contributed by atoms with Crippen LogP contribution in [0, 0.1) is 6.57 Å². The molecule has 9 heteroatoms. The highest BCUT2D eigenvalue weighted by Gasteiger charge is 2.38. The van der Waals surface area contributed by atoms with Gasteiger partial charge in [-0.25, -0.2) is 9.83 Å². The van der Waals surface area contributed by atoms with Crippen molar-refractivity contribution in [2.75, 3.05) is 18.5 Å². The van der Waals surface area contributed by atoms with Gasteiger partial charge in [0.1, 0.15) is 0 Å². The topological polar surface area (TPSA) is 76.9 Å². The molecule has 8 nitrogen and oxygen atoms in total. The Morgan fingerprint density at radius 3 is 2.42 bits per heavy atom. The van der Waals surface area contributed by atoms with Crippen molar-refractivity contribution in [2.45, 2.75) is 32.1 Å². The number of aromatic nitrogens is 2. The number of anilines is 1. The lowest BCUT2D eigenvalue weighted by Gasteiger charge is -2.34. The molecule has 38 heavy (non-hydrogen) atoms. The van der Waals surface area contributed by atoms with Crippen LogP contribution in [0.4, 0.5) is 11.4 Å². The monoisotopic (exact) mass is 526 g/mol. The summed E-state index contributed by atoms with van der Waals surface area (Å²) in [4.78, 5) is 13.1. The number of nitrogens with one attached hydrogen (secondary N) is 1. The van der Waals surface area contributed by atoms with Crippen molar-refractivity contribution in [2.24, 2.45) is 0 Å². The van der Waals surface area contributed by atoms with Crippen molar-refractivity contribution in [3.8, 4) is 0 Å². The first-order valence-corrected chi connectivity index (χ1v) is 13.9. The molecule has 1 aliphatic rings. The summed E-state index contributed by atoms with van der Waals surface area (Å²) in [7, 11) is -2.23. The van der Waals surface area contributed by atoms with E-state index in [4.69, 9.17) is 6.57 Å². The Morgan fingerprint density at radius 1 is 1.05 bits per heavy atom. The van der Waals surface area contributed by atoms with E-state index < -0.39 is 10.2 Å². The van der Waals surface area contributed by atoms with Gasteiger partial charge in [0.15, 0.2) is 5.69 Å². The minimum atomic E-state index is -3.86. The van der Waals surface area contributed by atoms with Crippen molar-refractivity contribution in [1.82, 2.24) is 18.6 Å². The largest absolute Gasteiger partial charge is 0.364 e. The molecule has 0 saturated heterocycles. The highest BCUT2D eigenvalue weighted by Crippen LogP contribution is 2.34. The summed E-state index contributed by atoms with van der Waals surface area (Å²) >= 11 is 0. The summed E-state index contributed by atoms with van der Waals surface area (Å²) in [5.74, 6) is 0. The van der Waals surface area contributed by atoms with E-state index in [9.17, 15) is 8.42 Å². The Hall–Kier alpha value is -3.97. The molecule has 4 aromatic rings. The lowest BCUT2D eigenvalue weighted by atomic mass is 10.1. The third-order valence-electron chi connectivity index (χ3n) is 6.87. The number of fused-ring (bicyclic) bond motifs is 1. The first kappa shape index (κ1) is 25.7. The Balaban J connectivity index is 1.56. The van der Waals surface area contributed by atoms with Crippen molar-refractivity contribution < 1.29 is 8.42 Å². The van der Waals surface area contributed by atoms with Gasteiger partial charge in [0.25, 0.3) is 10.2 Å². The minimum Gasteiger partial charge on any atom is -0.364 e. The highest BCUT2D eigenvalue weighted by atomic mass is 32.2. The van der Waals surface area contributed by atoms with Crippen LogP contribution in [0.1, 0.15) is 22.4 Å². The zero-order chi connectivity index (χ0) is 26.5. The summed E-state index contributed by atoms with van der Waals surface area (Å²) < 4.78 is 31.4. The highest BCUT2D eigenvalue weighted by molar-refractivity contribution is 7.86. The smallest absolute Gasteiger partial charge is 0.282 e. The molecule has 0 radical (unpaired) electrons. The van der Waals surface area contributed by atoms with Crippen LogP contribution in [0.15, 0.2) is 91.4 Å². The summed E-state index contributed by atoms with van der Waals surface area (Å²) in [6.07, 6.45) is 3.99. The van der Waals surface area contributed by atoms with Crippen LogP contribution in [0.3, 0.4) is 0 Å². The fourth-order valence-corrected chi connectivity index (χ4v) is 6.46. The van der Waals surface area contributed by atoms with E-state index in [1.807, 2.05) is 72.8 Å². The Morgan fingerprint density at radius 2 is 1.76 bits per heavy atom. The number of imidazole rings is 1. The Labute approximate surface area is 224 Å². The van der Waals surface area contributed by atoms with E-state index in [1.54, 1.807) is 29.9 Å². The predicted octanol–water partition coefficient (Wildman–Crippen LogP) is 4.77. The van der Waals surface area contributed by atoms with Crippen molar-refractivity contribution in [1.29, 1.82) is 0 Å². The Bertz CT molecular complexity index is 1500. The molecule has 0 bridgehead atoms. The van der Waals surface area contributed by atoms with Gasteiger partial charge in [-0.2, -0.15) is 17.0 Å². The minimum absolute atomic E-state index is 0.178. The van der Waals surface area contributed by atoms with Gasteiger partial charge in [0.05, 0.1) is 25.1 Å². The molecular weight excluding hydrogens is 496 g/mol.